The van der Waals surface area contributed by atoms with Crippen LogP contribution < -0.4 is 5.32 Å². The van der Waals surface area contributed by atoms with Crippen molar-refractivity contribution in [3.05, 3.63) is 76.4 Å². The number of nitrogens with one attached hydrogen (secondary N) is 1. The Kier molecular flexibility index (Phi) is 4.37. The van der Waals surface area contributed by atoms with E-state index in [-0.39, 0.29) is 5.91 Å². The highest BCUT2D eigenvalue weighted by molar-refractivity contribution is 7.13. The first kappa shape index (κ1) is 15.7. The number of pyridine rings is 1. The molecule has 25 heavy (non-hydrogen) atoms. The first-order chi connectivity index (χ1) is 12.3. The van der Waals surface area contributed by atoms with E-state index in [9.17, 15) is 4.79 Å². The van der Waals surface area contributed by atoms with Crippen LogP contribution in [0.4, 0.5) is 5.69 Å². The highest BCUT2D eigenvalue weighted by Crippen LogP contribution is 2.29. The van der Waals surface area contributed by atoms with Gasteiger partial charge in [0.2, 0.25) is 0 Å². The van der Waals surface area contributed by atoms with Gasteiger partial charge in [-0.1, -0.05) is 24.3 Å². The fourth-order valence-corrected chi connectivity index (χ4v) is 3.79. The third-order valence-electron chi connectivity index (χ3n) is 3.55. The molecule has 1 N–H and O–H groups in total. The lowest BCUT2D eigenvalue weighted by atomic mass is 10.1. The smallest absolute Gasteiger partial charge is 0.265 e. The van der Waals surface area contributed by atoms with Gasteiger partial charge in [-0.25, -0.2) is 4.98 Å². The molecule has 3 aromatic heterocycles. The molecule has 0 saturated heterocycles. The number of hydrogen-bond acceptors (Lipinski definition) is 5. The summed E-state index contributed by atoms with van der Waals surface area (Å²) >= 11 is 2.98. The van der Waals surface area contributed by atoms with E-state index in [2.05, 4.69) is 15.3 Å². The van der Waals surface area contributed by atoms with Gasteiger partial charge in [0.15, 0.2) is 0 Å². The van der Waals surface area contributed by atoms with E-state index in [1.165, 1.54) is 11.3 Å². The molecule has 0 unspecified atom stereocenters. The summed E-state index contributed by atoms with van der Waals surface area (Å²) in [7, 11) is 0. The Morgan fingerprint density at radius 3 is 2.72 bits per heavy atom. The van der Waals surface area contributed by atoms with Crippen LogP contribution in [0.5, 0.6) is 0 Å². The highest BCUT2D eigenvalue weighted by atomic mass is 32.1. The molecule has 0 saturated carbocycles. The second kappa shape index (κ2) is 6.96. The van der Waals surface area contributed by atoms with Gasteiger partial charge in [0, 0.05) is 22.8 Å². The number of thiophene rings is 1. The molecular weight excluding hydrogens is 350 g/mol. The molecule has 0 fully saturated rings. The number of rotatable bonds is 4. The summed E-state index contributed by atoms with van der Waals surface area (Å²) in [5.41, 5.74) is 3.45. The number of anilines is 1. The second-order valence-electron chi connectivity index (χ2n) is 5.27. The Balaban J connectivity index is 1.58. The molecule has 0 aliphatic heterocycles. The van der Waals surface area contributed by atoms with Crippen LogP contribution in [0.1, 0.15) is 9.67 Å². The molecule has 0 bridgehead atoms. The minimum absolute atomic E-state index is 0.0976. The number of thiazole rings is 1. The number of carbonyl (C=O) groups excluding carboxylic acids is 1. The third kappa shape index (κ3) is 3.50. The molecule has 1 amide bonds. The van der Waals surface area contributed by atoms with Crippen LogP contribution in [0.25, 0.3) is 22.0 Å². The monoisotopic (exact) mass is 363 g/mol. The van der Waals surface area contributed by atoms with E-state index in [0.717, 1.165) is 27.6 Å². The fraction of sp³-hybridized carbons (Fsp3) is 0. The van der Waals surface area contributed by atoms with Crippen molar-refractivity contribution in [1.82, 2.24) is 9.97 Å². The van der Waals surface area contributed by atoms with Crippen molar-refractivity contribution in [2.45, 2.75) is 0 Å². The lowest BCUT2D eigenvalue weighted by Crippen LogP contribution is -2.09. The van der Waals surface area contributed by atoms with Gasteiger partial charge in [-0.2, -0.15) is 0 Å². The van der Waals surface area contributed by atoms with E-state index in [1.807, 2.05) is 65.4 Å². The predicted octanol–water partition coefficient (Wildman–Crippen LogP) is 5.19. The SMILES string of the molecule is O=C(Nc1cccc(-c2csc(-c3ccccn3)n2)c1)c1cccs1. The van der Waals surface area contributed by atoms with Crippen molar-refractivity contribution in [1.29, 1.82) is 0 Å². The number of hydrogen-bond donors (Lipinski definition) is 1. The van der Waals surface area contributed by atoms with E-state index >= 15 is 0 Å². The summed E-state index contributed by atoms with van der Waals surface area (Å²) in [4.78, 5) is 21.9. The summed E-state index contributed by atoms with van der Waals surface area (Å²) in [5.74, 6) is -0.0976. The van der Waals surface area contributed by atoms with E-state index < -0.39 is 0 Å². The molecule has 4 aromatic rings. The standard InChI is InChI=1S/C19H13N3OS2/c23-18(17-8-4-10-24-17)21-14-6-3-5-13(11-14)16-12-25-19(22-16)15-7-1-2-9-20-15/h1-12H,(H,21,23). The Morgan fingerprint density at radius 2 is 1.92 bits per heavy atom. The van der Waals surface area contributed by atoms with Crippen LogP contribution in [0, 0.1) is 0 Å². The molecule has 0 aliphatic rings. The highest BCUT2D eigenvalue weighted by Gasteiger charge is 2.10. The van der Waals surface area contributed by atoms with Gasteiger partial charge < -0.3 is 5.32 Å². The van der Waals surface area contributed by atoms with Gasteiger partial charge in [0.25, 0.3) is 5.91 Å². The quantitative estimate of drug-likeness (QED) is 0.543. The van der Waals surface area contributed by atoms with Crippen LogP contribution >= 0.6 is 22.7 Å². The van der Waals surface area contributed by atoms with Gasteiger partial charge >= 0.3 is 0 Å². The molecular formula is C19H13N3OS2. The Morgan fingerprint density at radius 1 is 0.960 bits per heavy atom. The van der Waals surface area contributed by atoms with Crippen molar-refractivity contribution in [3.63, 3.8) is 0 Å². The van der Waals surface area contributed by atoms with Gasteiger partial charge in [-0.05, 0) is 35.7 Å². The number of amides is 1. The summed E-state index contributed by atoms with van der Waals surface area (Å²) < 4.78 is 0. The lowest BCUT2D eigenvalue weighted by molar-refractivity contribution is 0.103. The van der Waals surface area contributed by atoms with Crippen molar-refractivity contribution in [3.8, 4) is 22.0 Å². The predicted molar refractivity (Wildman–Crippen MR) is 103 cm³/mol. The van der Waals surface area contributed by atoms with Crippen molar-refractivity contribution >= 4 is 34.3 Å². The van der Waals surface area contributed by atoms with Crippen LogP contribution in [0.2, 0.25) is 0 Å². The summed E-state index contributed by atoms with van der Waals surface area (Å²) in [6.07, 6.45) is 1.76. The zero-order valence-corrected chi connectivity index (χ0v) is 14.7. The largest absolute Gasteiger partial charge is 0.321 e. The first-order valence-corrected chi connectivity index (χ1v) is 9.38. The molecule has 0 atom stereocenters. The van der Waals surface area contributed by atoms with Crippen molar-refractivity contribution in [2.75, 3.05) is 5.32 Å². The summed E-state index contributed by atoms with van der Waals surface area (Å²) in [6.45, 7) is 0. The molecule has 0 radical (unpaired) electrons. The van der Waals surface area contributed by atoms with Crippen molar-refractivity contribution < 1.29 is 4.79 Å². The topological polar surface area (TPSA) is 54.9 Å². The summed E-state index contributed by atoms with van der Waals surface area (Å²) in [5, 5.41) is 7.70. The van der Waals surface area contributed by atoms with E-state index in [1.54, 1.807) is 17.5 Å². The third-order valence-corrected chi connectivity index (χ3v) is 5.28. The molecule has 122 valence electrons. The molecule has 6 heteroatoms. The molecule has 0 spiro atoms. The Labute approximate surface area is 152 Å². The van der Waals surface area contributed by atoms with Crippen LogP contribution in [-0.2, 0) is 0 Å². The number of benzene rings is 1. The maximum atomic E-state index is 12.2. The van der Waals surface area contributed by atoms with Crippen LogP contribution in [0.3, 0.4) is 0 Å². The maximum Gasteiger partial charge on any atom is 0.265 e. The number of aromatic nitrogens is 2. The average molecular weight is 363 g/mol. The second-order valence-corrected chi connectivity index (χ2v) is 7.07. The Bertz CT molecular complexity index is 994. The van der Waals surface area contributed by atoms with Crippen LogP contribution in [0.15, 0.2) is 71.6 Å². The Hall–Kier alpha value is -2.83. The van der Waals surface area contributed by atoms with Crippen LogP contribution in [-0.4, -0.2) is 15.9 Å². The molecule has 4 nitrogen and oxygen atoms in total. The minimum atomic E-state index is -0.0976. The molecule has 4 rings (SSSR count). The first-order valence-electron chi connectivity index (χ1n) is 7.62. The molecule has 0 aliphatic carbocycles. The van der Waals surface area contributed by atoms with E-state index in [0.29, 0.717) is 4.88 Å². The lowest BCUT2D eigenvalue weighted by Gasteiger charge is -2.05. The van der Waals surface area contributed by atoms with E-state index in [4.69, 9.17) is 0 Å². The maximum absolute atomic E-state index is 12.2. The van der Waals surface area contributed by atoms with Gasteiger partial charge in [-0.3, -0.25) is 9.78 Å². The normalized spacial score (nSPS) is 10.6. The van der Waals surface area contributed by atoms with Gasteiger partial charge in [0.05, 0.1) is 16.3 Å². The number of carbonyl (C=O) groups is 1. The van der Waals surface area contributed by atoms with Gasteiger partial charge in [0.1, 0.15) is 5.01 Å². The van der Waals surface area contributed by atoms with Crippen molar-refractivity contribution in [2.24, 2.45) is 0 Å². The average Bonchev–Trinajstić information content (AvgIpc) is 3.35. The molecule has 1 aromatic carbocycles. The summed E-state index contributed by atoms with van der Waals surface area (Å²) in [6, 6.07) is 17.2. The fourth-order valence-electron chi connectivity index (χ4n) is 2.37. The zero-order chi connectivity index (χ0) is 17.1. The number of nitrogens with zero attached hydrogens (tertiary/aromatic N) is 2. The minimum Gasteiger partial charge on any atom is -0.321 e. The zero-order valence-electron chi connectivity index (χ0n) is 13.0. The molecule has 3 heterocycles. The van der Waals surface area contributed by atoms with Gasteiger partial charge in [-0.15, -0.1) is 22.7 Å².